The number of carbonyl (C=O) groups is 1. The van der Waals surface area contributed by atoms with Gasteiger partial charge in [0.05, 0.1) is 5.92 Å². The third-order valence-electron chi connectivity index (χ3n) is 2.97. The molecule has 1 atom stereocenters. The van der Waals surface area contributed by atoms with Crippen molar-refractivity contribution in [1.82, 2.24) is 0 Å². The van der Waals surface area contributed by atoms with Gasteiger partial charge in [-0.1, -0.05) is 34.1 Å². The van der Waals surface area contributed by atoms with Gasteiger partial charge in [0, 0.05) is 4.47 Å². The Hall–Kier alpha value is -1.75. The van der Waals surface area contributed by atoms with E-state index in [4.69, 9.17) is 0 Å². The van der Waals surface area contributed by atoms with Gasteiger partial charge in [-0.2, -0.15) is 0 Å². The molecule has 0 aliphatic carbocycles. The Kier molecular flexibility index (Phi) is 4.49. The summed E-state index contributed by atoms with van der Waals surface area (Å²) in [6, 6.07) is 10.4. The van der Waals surface area contributed by atoms with Crippen LogP contribution in [0.1, 0.15) is 17.0 Å². The fourth-order valence-electron chi connectivity index (χ4n) is 1.97. The molecule has 0 heterocycles. The van der Waals surface area contributed by atoms with Crippen LogP contribution >= 0.6 is 15.9 Å². The molecule has 5 heteroatoms. The number of carboxylic acids is 1. The molecule has 0 bridgehead atoms. The third kappa shape index (κ3) is 3.42. The first-order valence-corrected chi connectivity index (χ1v) is 6.69. The minimum absolute atomic E-state index is 0.100. The second-order valence-corrected chi connectivity index (χ2v) is 5.31. The van der Waals surface area contributed by atoms with E-state index < -0.39 is 23.5 Å². The second-order valence-electron chi connectivity index (χ2n) is 4.40. The van der Waals surface area contributed by atoms with Gasteiger partial charge < -0.3 is 5.11 Å². The van der Waals surface area contributed by atoms with Crippen LogP contribution in [0.2, 0.25) is 0 Å². The molecule has 2 rings (SSSR count). The largest absolute Gasteiger partial charge is 0.481 e. The summed E-state index contributed by atoms with van der Waals surface area (Å²) >= 11 is 3.28. The molecule has 0 amide bonds. The predicted octanol–water partition coefficient (Wildman–Crippen LogP) is 4.14. The zero-order chi connectivity index (χ0) is 14.7. The highest BCUT2D eigenvalue weighted by atomic mass is 79.9. The number of benzene rings is 2. The van der Waals surface area contributed by atoms with Crippen molar-refractivity contribution in [1.29, 1.82) is 0 Å². The van der Waals surface area contributed by atoms with Crippen molar-refractivity contribution in [3.05, 3.63) is 69.7 Å². The second kappa shape index (κ2) is 6.13. The van der Waals surface area contributed by atoms with Crippen LogP contribution in [-0.4, -0.2) is 11.1 Å². The topological polar surface area (TPSA) is 37.3 Å². The van der Waals surface area contributed by atoms with Crippen molar-refractivity contribution in [2.75, 3.05) is 0 Å². The average Bonchev–Trinajstić information content (AvgIpc) is 2.39. The molecule has 0 aliphatic heterocycles. The summed E-state index contributed by atoms with van der Waals surface area (Å²) < 4.78 is 26.8. The lowest BCUT2D eigenvalue weighted by Gasteiger charge is -2.13. The zero-order valence-corrected chi connectivity index (χ0v) is 11.9. The van der Waals surface area contributed by atoms with Crippen LogP contribution in [0.25, 0.3) is 0 Å². The lowest BCUT2D eigenvalue weighted by Crippen LogP contribution is -2.14. The van der Waals surface area contributed by atoms with Gasteiger partial charge in [-0.15, -0.1) is 0 Å². The SMILES string of the molecule is O=C(O)C(Cc1ccc(F)c(F)c1)c1cccc(Br)c1. The van der Waals surface area contributed by atoms with Gasteiger partial charge in [0.15, 0.2) is 11.6 Å². The maximum absolute atomic E-state index is 13.2. The van der Waals surface area contributed by atoms with E-state index in [0.717, 1.165) is 16.6 Å². The molecule has 1 unspecified atom stereocenters. The van der Waals surface area contributed by atoms with Crippen molar-refractivity contribution >= 4 is 21.9 Å². The molecule has 1 N–H and O–H groups in total. The summed E-state index contributed by atoms with van der Waals surface area (Å²) in [4.78, 5) is 11.4. The molecule has 0 aromatic heterocycles. The monoisotopic (exact) mass is 340 g/mol. The van der Waals surface area contributed by atoms with E-state index in [-0.39, 0.29) is 6.42 Å². The fraction of sp³-hybridized carbons (Fsp3) is 0.133. The van der Waals surface area contributed by atoms with Crippen molar-refractivity contribution in [2.45, 2.75) is 12.3 Å². The number of hydrogen-bond donors (Lipinski definition) is 1. The first-order valence-electron chi connectivity index (χ1n) is 5.89. The molecule has 0 fully saturated rings. The van der Waals surface area contributed by atoms with Crippen molar-refractivity contribution in [3.63, 3.8) is 0 Å². The predicted molar refractivity (Wildman–Crippen MR) is 74.6 cm³/mol. The Morgan fingerprint density at radius 2 is 1.90 bits per heavy atom. The van der Waals surface area contributed by atoms with Gasteiger partial charge in [-0.3, -0.25) is 4.79 Å². The van der Waals surface area contributed by atoms with E-state index in [9.17, 15) is 18.7 Å². The molecule has 20 heavy (non-hydrogen) atoms. The average molecular weight is 341 g/mol. The molecular formula is C15H11BrF2O2. The molecule has 0 radical (unpaired) electrons. The fourth-order valence-corrected chi connectivity index (χ4v) is 2.39. The van der Waals surface area contributed by atoms with Crippen LogP contribution in [0.3, 0.4) is 0 Å². The molecule has 2 nitrogen and oxygen atoms in total. The number of carboxylic acid groups (broad SMARTS) is 1. The molecule has 2 aromatic rings. The van der Waals surface area contributed by atoms with Crippen LogP contribution in [-0.2, 0) is 11.2 Å². The highest BCUT2D eigenvalue weighted by Gasteiger charge is 2.21. The quantitative estimate of drug-likeness (QED) is 0.908. The molecule has 104 valence electrons. The van der Waals surface area contributed by atoms with E-state index >= 15 is 0 Å². The first-order chi connectivity index (χ1) is 9.47. The van der Waals surface area contributed by atoms with Gasteiger partial charge in [0.1, 0.15) is 0 Å². The number of aliphatic carboxylic acids is 1. The Labute approximate surface area is 123 Å². The van der Waals surface area contributed by atoms with Crippen LogP contribution in [0.4, 0.5) is 8.78 Å². The van der Waals surface area contributed by atoms with E-state index in [2.05, 4.69) is 15.9 Å². The van der Waals surface area contributed by atoms with Crippen molar-refractivity contribution in [2.24, 2.45) is 0 Å². The summed E-state index contributed by atoms with van der Waals surface area (Å²) in [6.07, 6.45) is 0.100. The smallest absolute Gasteiger partial charge is 0.311 e. The summed E-state index contributed by atoms with van der Waals surface area (Å²) in [5.74, 6) is -3.73. The Morgan fingerprint density at radius 1 is 1.15 bits per heavy atom. The minimum Gasteiger partial charge on any atom is -0.481 e. The maximum atomic E-state index is 13.2. The Balaban J connectivity index is 2.30. The zero-order valence-electron chi connectivity index (χ0n) is 10.3. The van der Waals surface area contributed by atoms with Crippen molar-refractivity contribution < 1.29 is 18.7 Å². The molecule has 0 saturated carbocycles. The highest BCUT2D eigenvalue weighted by molar-refractivity contribution is 9.10. The van der Waals surface area contributed by atoms with E-state index in [1.54, 1.807) is 24.3 Å². The summed E-state index contributed by atoms with van der Waals surface area (Å²) in [7, 11) is 0. The molecule has 0 aliphatic rings. The van der Waals surface area contributed by atoms with E-state index in [1.165, 1.54) is 6.07 Å². The van der Waals surface area contributed by atoms with Gasteiger partial charge in [-0.25, -0.2) is 8.78 Å². The molecular weight excluding hydrogens is 330 g/mol. The van der Waals surface area contributed by atoms with Crippen LogP contribution in [0, 0.1) is 11.6 Å². The lowest BCUT2D eigenvalue weighted by atomic mass is 9.92. The number of rotatable bonds is 4. The van der Waals surface area contributed by atoms with Crippen LogP contribution in [0.15, 0.2) is 46.9 Å². The summed E-state index contributed by atoms with van der Waals surface area (Å²) in [5, 5.41) is 9.32. The number of halogens is 3. The molecule has 0 spiro atoms. The maximum Gasteiger partial charge on any atom is 0.311 e. The lowest BCUT2D eigenvalue weighted by molar-refractivity contribution is -0.138. The Bertz CT molecular complexity index is 644. The van der Waals surface area contributed by atoms with Crippen LogP contribution in [0.5, 0.6) is 0 Å². The molecule has 2 aromatic carbocycles. The normalized spacial score (nSPS) is 12.2. The minimum atomic E-state index is -1.01. The first kappa shape index (κ1) is 14.7. The van der Waals surface area contributed by atoms with E-state index in [1.807, 2.05) is 0 Å². The van der Waals surface area contributed by atoms with Crippen molar-refractivity contribution in [3.8, 4) is 0 Å². The Morgan fingerprint density at radius 3 is 2.50 bits per heavy atom. The van der Waals surface area contributed by atoms with Gasteiger partial charge in [0.2, 0.25) is 0 Å². The third-order valence-corrected chi connectivity index (χ3v) is 3.47. The van der Waals surface area contributed by atoms with Gasteiger partial charge in [0.25, 0.3) is 0 Å². The number of hydrogen-bond acceptors (Lipinski definition) is 1. The standard InChI is InChI=1S/C15H11BrF2O2/c16-11-3-1-2-10(8-11)12(15(19)20)6-9-4-5-13(17)14(18)7-9/h1-5,7-8,12H,6H2,(H,19,20). The summed E-state index contributed by atoms with van der Waals surface area (Å²) in [6.45, 7) is 0. The van der Waals surface area contributed by atoms with Crippen LogP contribution < -0.4 is 0 Å². The highest BCUT2D eigenvalue weighted by Crippen LogP contribution is 2.24. The molecule has 0 saturated heterocycles. The van der Waals surface area contributed by atoms with E-state index in [0.29, 0.717) is 11.1 Å². The summed E-state index contributed by atoms with van der Waals surface area (Å²) in [5.41, 5.74) is 1.05. The van der Waals surface area contributed by atoms with Gasteiger partial charge in [-0.05, 0) is 41.8 Å². The van der Waals surface area contributed by atoms with Gasteiger partial charge >= 0.3 is 5.97 Å².